The third-order valence-corrected chi connectivity index (χ3v) is 5.60. The first-order valence-corrected chi connectivity index (χ1v) is 9.90. The number of thiazole rings is 1. The Balaban J connectivity index is 1.62. The van der Waals surface area contributed by atoms with Gasteiger partial charge in [-0.05, 0) is 32.1 Å². The van der Waals surface area contributed by atoms with E-state index in [2.05, 4.69) is 60.5 Å². The number of nitrogens with zero attached hydrogens (tertiary/aromatic N) is 2. The second-order valence-corrected chi connectivity index (χ2v) is 7.11. The molecule has 132 valence electrons. The van der Waals surface area contributed by atoms with Crippen molar-refractivity contribution in [1.82, 2.24) is 4.98 Å². The summed E-state index contributed by atoms with van der Waals surface area (Å²) in [7, 11) is 0. The lowest BCUT2D eigenvalue weighted by atomic mass is 10.1. The first kappa shape index (κ1) is 16.9. The van der Waals surface area contributed by atoms with Gasteiger partial charge in [-0.1, -0.05) is 30.3 Å². The van der Waals surface area contributed by atoms with Gasteiger partial charge >= 0.3 is 0 Å². The van der Waals surface area contributed by atoms with Crippen LogP contribution >= 0.6 is 11.3 Å². The molecule has 1 aliphatic heterocycles. The van der Waals surface area contributed by atoms with Crippen LogP contribution in [0, 0.1) is 0 Å². The van der Waals surface area contributed by atoms with Crippen LogP contribution in [0.5, 0.6) is 5.75 Å². The molecule has 0 fully saturated rings. The first-order chi connectivity index (χ1) is 12.8. The lowest BCUT2D eigenvalue weighted by Gasteiger charge is -2.24. The molecule has 4 rings (SSSR count). The Morgan fingerprint density at radius 3 is 2.65 bits per heavy atom. The highest BCUT2D eigenvalue weighted by molar-refractivity contribution is 7.11. The number of hydrogen-bond donors (Lipinski definition) is 0. The van der Waals surface area contributed by atoms with Crippen molar-refractivity contribution < 1.29 is 4.74 Å². The molecule has 0 aliphatic carbocycles. The van der Waals surface area contributed by atoms with Crippen molar-refractivity contribution in [2.24, 2.45) is 0 Å². The van der Waals surface area contributed by atoms with Crippen LogP contribution in [0.3, 0.4) is 0 Å². The molecule has 1 aliphatic rings. The summed E-state index contributed by atoms with van der Waals surface area (Å²) >= 11 is 1.67. The highest BCUT2D eigenvalue weighted by atomic mass is 32.1. The van der Waals surface area contributed by atoms with Gasteiger partial charge in [-0.2, -0.15) is 0 Å². The highest BCUT2D eigenvalue weighted by Gasteiger charge is 2.17. The Hall–Kier alpha value is -2.59. The summed E-state index contributed by atoms with van der Waals surface area (Å²) in [4.78, 5) is 7.14. The molecule has 2 aromatic carbocycles. The molecule has 0 N–H and O–H groups in total. The predicted octanol–water partition coefficient (Wildman–Crippen LogP) is 5.59. The maximum absolute atomic E-state index is 6.06. The van der Waals surface area contributed by atoms with Gasteiger partial charge in [0.1, 0.15) is 17.4 Å². The topological polar surface area (TPSA) is 25.4 Å². The number of aromatic nitrogens is 1. The summed E-state index contributed by atoms with van der Waals surface area (Å²) in [5.74, 6) is 0.956. The first-order valence-electron chi connectivity index (χ1n) is 9.02. The molecule has 26 heavy (non-hydrogen) atoms. The fourth-order valence-corrected chi connectivity index (χ4v) is 4.06. The van der Waals surface area contributed by atoms with Crippen LogP contribution in [0.4, 0.5) is 5.69 Å². The van der Waals surface area contributed by atoms with E-state index in [1.54, 1.807) is 11.3 Å². The molecule has 0 spiro atoms. The second-order valence-electron chi connectivity index (χ2n) is 6.26. The largest absolute Gasteiger partial charge is 0.488 e. The Labute approximate surface area is 158 Å². The summed E-state index contributed by atoms with van der Waals surface area (Å²) in [6, 6.07) is 16.8. The van der Waals surface area contributed by atoms with E-state index >= 15 is 0 Å². The fourth-order valence-electron chi connectivity index (χ4n) is 3.22. The van der Waals surface area contributed by atoms with Gasteiger partial charge in [-0.15, -0.1) is 11.3 Å². The molecular formula is C22H22N2OS. The standard InChI is InChI=1S/C22H22N2OS/c1-3-24(4-2)19-11-10-17-12-18(14-25-21(17)13-19)22-23-20(15-26-22)16-8-6-5-7-9-16/h5-13,15H,3-4,14H2,1-2H3. The van der Waals surface area contributed by atoms with Crippen LogP contribution in [0.1, 0.15) is 24.4 Å². The van der Waals surface area contributed by atoms with Gasteiger partial charge in [-0.25, -0.2) is 4.98 Å². The number of hydrogen-bond acceptors (Lipinski definition) is 4. The Morgan fingerprint density at radius 2 is 1.88 bits per heavy atom. The molecule has 2 heterocycles. The monoisotopic (exact) mass is 362 g/mol. The fraction of sp³-hybridized carbons (Fsp3) is 0.227. The third kappa shape index (κ3) is 3.25. The Morgan fingerprint density at radius 1 is 1.08 bits per heavy atom. The quantitative estimate of drug-likeness (QED) is 0.592. The summed E-state index contributed by atoms with van der Waals surface area (Å²) in [6.45, 7) is 6.91. The minimum atomic E-state index is 0.566. The average Bonchev–Trinajstić information content (AvgIpc) is 3.19. The molecule has 0 saturated carbocycles. The van der Waals surface area contributed by atoms with Crippen LogP contribution in [-0.2, 0) is 0 Å². The molecular weight excluding hydrogens is 340 g/mol. The molecule has 0 atom stereocenters. The van der Waals surface area contributed by atoms with Gasteiger partial charge < -0.3 is 9.64 Å². The lowest BCUT2D eigenvalue weighted by molar-refractivity contribution is 0.366. The van der Waals surface area contributed by atoms with Crippen LogP contribution in [0.2, 0.25) is 0 Å². The van der Waals surface area contributed by atoms with Gasteiger partial charge in [0, 0.05) is 46.9 Å². The van der Waals surface area contributed by atoms with Crippen molar-refractivity contribution in [3.05, 3.63) is 64.5 Å². The number of anilines is 1. The summed E-state index contributed by atoms with van der Waals surface area (Å²) in [5.41, 5.74) is 5.65. The molecule has 4 heteroatoms. The molecule has 3 aromatic rings. The maximum Gasteiger partial charge on any atom is 0.129 e. The molecule has 0 amide bonds. The van der Waals surface area contributed by atoms with Crippen molar-refractivity contribution >= 4 is 28.7 Å². The van der Waals surface area contributed by atoms with E-state index in [-0.39, 0.29) is 0 Å². The maximum atomic E-state index is 6.06. The van der Waals surface area contributed by atoms with Gasteiger partial charge in [0.05, 0.1) is 5.69 Å². The van der Waals surface area contributed by atoms with E-state index in [1.165, 1.54) is 5.69 Å². The minimum Gasteiger partial charge on any atom is -0.488 e. The number of rotatable bonds is 5. The van der Waals surface area contributed by atoms with Crippen LogP contribution < -0.4 is 9.64 Å². The zero-order chi connectivity index (χ0) is 17.9. The van der Waals surface area contributed by atoms with E-state index in [0.717, 1.165) is 46.2 Å². The van der Waals surface area contributed by atoms with Crippen molar-refractivity contribution in [2.45, 2.75) is 13.8 Å². The number of ether oxygens (including phenoxy) is 1. The third-order valence-electron chi connectivity index (χ3n) is 4.69. The van der Waals surface area contributed by atoms with E-state index in [9.17, 15) is 0 Å². The SMILES string of the molecule is CCN(CC)c1ccc2c(c1)OCC(c1nc(-c3ccccc3)cs1)=C2. The average molecular weight is 362 g/mol. The highest BCUT2D eigenvalue weighted by Crippen LogP contribution is 2.35. The Kier molecular flexibility index (Phi) is 4.76. The van der Waals surface area contributed by atoms with Crippen molar-refractivity contribution in [1.29, 1.82) is 0 Å². The second kappa shape index (κ2) is 7.34. The molecule has 1 aromatic heterocycles. The van der Waals surface area contributed by atoms with E-state index < -0.39 is 0 Å². The minimum absolute atomic E-state index is 0.566. The van der Waals surface area contributed by atoms with Crippen molar-refractivity contribution in [3.8, 4) is 17.0 Å². The lowest BCUT2D eigenvalue weighted by Crippen LogP contribution is -2.22. The van der Waals surface area contributed by atoms with Crippen molar-refractivity contribution in [3.63, 3.8) is 0 Å². The normalized spacial score (nSPS) is 12.9. The summed E-state index contributed by atoms with van der Waals surface area (Å²) in [6.07, 6.45) is 2.21. The summed E-state index contributed by atoms with van der Waals surface area (Å²) in [5, 5.41) is 3.15. The number of benzene rings is 2. The molecule has 0 saturated heterocycles. The molecule has 0 unspecified atom stereocenters. The molecule has 0 radical (unpaired) electrons. The molecule has 0 bridgehead atoms. The van der Waals surface area contributed by atoms with Gasteiger partial charge in [0.2, 0.25) is 0 Å². The van der Waals surface area contributed by atoms with Crippen LogP contribution in [0.15, 0.2) is 53.9 Å². The zero-order valence-electron chi connectivity index (χ0n) is 15.1. The van der Waals surface area contributed by atoms with Crippen LogP contribution in [-0.4, -0.2) is 24.7 Å². The van der Waals surface area contributed by atoms with Gasteiger partial charge in [0.25, 0.3) is 0 Å². The Bertz CT molecular complexity index is 926. The van der Waals surface area contributed by atoms with Gasteiger partial charge in [0.15, 0.2) is 0 Å². The smallest absolute Gasteiger partial charge is 0.129 e. The molecule has 3 nitrogen and oxygen atoms in total. The van der Waals surface area contributed by atoms with E-state index in [1.807, 2.05) is 18.2 Å². The number of fused-ring (bicyclic) bond motifs is 1. The zero-order valence-corrected chi connectivity index (χ0v) is 15.9. The van der Waals surface area contributed by atoms with E-state index in [0.29, 0.717) is 6.61 Å². The van der Waals surface area contributed by atoms with Gasteiger partial charge in [-0.3, -0.25) is 0 Å². The predicted molar refractivity (Wildman–Crippen MR) is 111 cm³/mol. The van der Waals surface area contributed by atoms with Crippen LogP contribution in [0.25, 0.3) is 22.9 Å². The summed E-state index contributed by atoms with van der Waals surface area (Å²) < 4.78 is 6.06. The van der Waals surface area contributed by atoms with Crippen molar-refractivity contribution in [2.75, 3.05) is 24.6 Å². The van der Waals surface area contributed by atoms with E-state index in [4.69, 9.17) is 9.72 Å².